The molecule has 6 heteroatoms. The number of hydrogen-bond acceptors (Lipinski definition) is 2. The molecule has 0 aliphatic heterocycles. The summed E-state index contributed by atoms with van der Waals surface area (Å²) in [5.41, 5.74) is 1.23. The van der Waals surface area contributed by atoms with Crippen LogP contribution >= 0.6 is 46.6 Å². The number of nitrogens with zero attached hydrogens (tertiary/aromatic N) is 2. The van der Waals surface area contributed by atoms with Crippen molar-refractivity contribution in [2.75, 3.05) is 0 Å². The van der Waals surface area contributed by atoms with Gasteiger partial charge in [0, 0.05) is 33.6 Å². The van der Waals surface area contributed by atoms with E-state index in [9.17, 15) is 0 Å². The van der Waals surface area contributed by atoms with Gasteiger partial charge in [0.05, 0.1) is 16.4 Å². The molecule has 1 heterocycles. The molecule has 1 atom stereocenters. The molecule has 0 spiro atoms. The zero-order valence-corrected chi connectivity index (χ0v) is 17.4. The predicted molar refractivity (Wildman–Crippen MR) is 113 cm³/mol. The van der Waals surface area contributed by atoms with E-state index in [0.717, 1.165) is 29.3 Å². The fourth-order valence-electron chi connectivity index (χ4n) is 2.82. The number of hydrogen-bond donors (Lipinski definition) is 0. The lowest BCUT2D eigenvalue weighted by atomic mass is 9.97. The van der Waals surface area contributed by atoms with E-state index in [4.69, 9.17) is 34.8 Å². The van der Waals surface area contributed by atoms with Crippen molar-refractivity contribution < 1.29 is 0 Å². The van der Waals surface area contributed by atoms with Gasteiger partial charge in [-0.1, -0.05) is 53.0 Å². The number of imidazole rings is 1. The molecule has 0 aliphatic rings. The second-order valence-electron chi connectivity index (χ2n) is 6.46. The minimum absolute atomic E-state index is 0.0905. The fraction of sp³-hybridized carbons (Fsp3) is 0.250. The molecule has 0 N–H and O–H groups in total. The van der Waals surface area contributed by atoms with E-state index < -0.39 is 0 Å². The molecule has 0 radical (unpaired) electrons. The van der Waals surface area contributed by atoms with Gasteiger partial charge in [-0.05, 0) is 49.6 Å². The number of aryl methyl sites for hydroxylation is 1. The molecule has 0 saturated carbocycles. The molecule has 3 rings (SSSR count). The van der Waals surface area contributed by atoms with Crippen molar-refractivity contribution >= 4 is 46.6 Å². The first-order valence-corrected chi connectivity index (χ1v) is 10.2. The molecule has 26 heavy (non-hydrogen) atoms. The summed E-state index contributed by atoms with van der Waals surface area (Å²) < 4.78 is 2.00. The lowest BCUT2D eigenvalue weighted by Gasteiger charge is -2.30. The Balaban J connectivity index is 1.85. The van der Waals surface area contributed by atoms with Gasteiger partial charge in [0.2, 0.25) is 0 Å². The van der Waals surface area contributed by atoms with Crippen LogP contribution in [-0.2, 0) is 13.0 Å². The SMILES string of the molecule is CC(CCn1ccnc1)(Cc1ccc(Cl)cc1)Sc1c(Cl)cccc1Cl. The molecule has 3 aromatic rings. The topological polar surface area (TPSA) is 17.8 Å². The Bertz CT molecular complexity index is 830. The van der Waals surface area contributed by atoms with Crippen LogP contribution in [0.3, 0.4) is 0 Å². The first-order chi connectivity index (χ1) is 12.5. The van der Waals surface area contributed by atoms with Crippen molar-refractivity contribution in [1.82, 2.24) is 9.55 Å². The highest BCUT2D eigenvalue weighted by Gasteiger charge is 2.28. The molecular formula is C20H19Cl3N2S. The van der Waals surface area contributed by atoms with Gasteiger partial charge in [0.15, 0.2) is 0 Å². The average Bonchev–Trinajstić information content (AvgIpc) is 3.13. The Kier molecular flexibility index (Phi) is 6.57. The van der Waals surface area contributed by atoms with Crippen LogP contribution in [0.5, 0.6) is 0 Å². The van der Waals surface area contributed by atoms with Crippen LogP contribution < -0.4 is 0 Å². The molecule has 0 aliphatic carbocycles. The number of thioether (sulfide) groups is 1. The zero-order valence-electron chi connectivity index (χ0n) is 14.3. The lowest BCUT2D eigenvalue weighted by Crippen LogP contribution is -2.25. The number of halogens is 3. The highest BCUT2D eigenvalue weighted by Crippen LogP contribution is 2.44. The van der Waals surface area contributed by atoms with Gasteiger partial charge in [-0.2, -0.15) is 0 Å². The molecule has 1 unspecified atom stereocenters. The van der Waals surface area contributed by atoms with E-state index in [-0.39, 0.29) is 4.75 Å². The van der Waals surface area contributed by atoms with Gasteiger partial charge in [-0.25, -0.2) is 4.98 Å². The maximum Gasteiger partial charge on any atom is 0.0945 e. The first-order valence-electron chi connectivity index (χ1n) is 8.28. The molecule has 0 fully saturated rings. The van der Waals surface area contributed by atoms with Gasteiger partial charge in [0.25, 0.3) is 0 Å². The predicted octanol–water partition coefficient (Wildman–Crippen LogP) is 7.03. The highest BCUT2D eigenvalue weighted by molar-refractivity contribution is 8.00. The molecule has 2 aromatic carbocycles. The summed E-state index contributed by atoms with van der Waals surface area (Å²) in [6.07, 6.45) is 7.45. The third-order valence-corrected chi connectivity index (χ3v) is 6.81. The first kappa shape index (κ1) is 19.6. The minimum Gasteiger partial charge on any atom is -0.337 e. The van der Waals surface area contributed by atoms with Crippen molar-refractivity contribution in [2.45, 2.75) is 36.0 Å². The molecule has 2 nitrogen and oxygen atoms in total. The van der Waals surface area contributed by atoms with E-state index in [1.165, 1.54) is 5.56 Å². The van der Waals surface area contributed by atoms with Crippen LogP contribution in [0, 0.1) is 0 Å². The van der Waals surface area contributed by atoms with E-state index in [0.29, 0.717) is 10.0 Å². The lowest BCUT2D eigenvalue weighted by molar-refractivity contribution is 0.518. The number of benzene rings is 2. The Morgan fingerprint density at radius 3 is 2.35 bits per heavy atom. The monoisotopic (exact) mass is 424 g/mol. The van der Waals surface area contributed by atoms with Gasteiger partial charge in [-0.15, -0.1) is 11.8 Å². The van der Waals surface area contributed by atoms with Crippen molar-refractivity contribution in [3.63, 3.8) is 0 Å². The summed E-state index contributed by atoms with van der Waals surface area (Å²) in [5.74, 6) is 0. The molecule has 136 valence electrons. The Hall–Kier alpha value is -1.13. The van der Waals surface area contributed by atoms with Crippen molar-refractivity contribution in [3.8, 4) is 0 Å². The van der Waals surface area contributed by atoms with Crippen LogP contribution in [0.2, 0.25) is 15.1 Å². The molecular weight excluding hydrogens is 407 g/mol. The zero-order chi connectivity index (χ0) is 18.6. The molecule has 1 aromatic heterocycles. The van der Waals surface area contributed by atoms with E-state index in [1.54, 1.807) is 18.0 Å². The maximum atomic E-state index is 6.42. The van der Waals surface area contributed by atoms with Crippen molar-refractivity contribution in [3.05, 3.63) is 81.8 Å². The average molecular weight is 426 g/mol. The summed E-state index contributed by atoms with van der Waals surface area (Å²) in [4.78, 5) is 5.06. The Labute approximate surface area is 173 Å². The van der Waals surface area contributed by atoms with Gasteiger partial charge < -0.3 is 4.57 Å². The van der Waals surface area contributed by atoms with Crippen LogP contribution in [0.15, 0.2) is 66.1 Å². The van der Waals surface area contributed by atoms with E-state index in [2.05, 4.69) is 28.6 Å². The van der Waals surface area contributed by atoms with Crippen LogP contribution in [0.4, 0.5) is 0 Å². The molecule has 0 amide bonds. The third kappa shape index (κ3) is 5.20. The van der Waals surface area contributed by atoms with E-state index in [1.807, 2.05) is 42.9 Å². The molecule has 0 bridgehead atoms. The largest absolute Gasteiger partial charge is 0.337 e. The third-order valence-electron chi connectivity index (χ3n) is 4.22. The highest BCUT2D eigenvalue weighted by atomic mass is 35.5. The number of aromatic nitrogens is 2. The minimum atomic E-state index is -0.0905. The second-order valence-corrected chi connectivity index (χ2v) is 9.31. The van der Waals surface area contributed by atoms with E-state index >= 15 is 0 Å². The van der Waals surface area contributed by atoms with Crippen molar-refractivity contribution in [1.29, 1.82) is 0 Å². The van der Waals surface area contributed by atoms with Gasteiger partial charge in [-0.3, -0.25) is 0 Å². The van der Waals surface area contributed by atoms with Crippen LogP contribution in [0.25, 0.3) is 0 Å². The maximum absolute atomic E-state index is 6.42. The summed E-state index contributed by atoms with van der Waals surface area (Å²) in [5, 5.41) is 2.12. The number of rotatable bonds is 7. The summed E-state index contributed by atoms with van der Waals surface area (Å²) in [7, 11) is 0. The van der Waals surface area contributed by atoms with Crippen LogP contribution in [0.1, 0.15) is 18.9 Å². The summed E-state index contributed by atoms with van der Waals surface area (Å²) in [6.45, 7) is 3.13. The standard InChI is InChI=1S/C20H19Cl3N2S/c1-20(9-11-25-12-10-24-14-25,13-15-5-7-16(21)8-6-15)26-19-17(22)3-2-4-18(19)23/h2-8,10,12,14H,9,11,13H2,1H3. The summed E-state index contributed by atoms with van der Waals surface area (Å²) in [6, 6.07) is 13.7. The van der Waals surface area contributed by atoms with Crippen molar-refractivity contribution in [2.24, 2.45) is 0 Å². The van der Waals surface area contributed by atoms with Gasteiger partial charge in [0.1, 0.15) is 0 Å². The smallest absolute Gasteiger partial charge is 0.0945 e. The fourth-order valence-corrected chi connectivity index (χ4v) is 4.83. The normalized spacial score (nSPS) is 13.5. The Morgan fingerprint density at radius 1 is 1.04 bits per heavy atom. The Morgan fingerprint density at radius 2 is 1.73 bits per heavy atom. The quantitative estimate of drug-likeness (QED) is 0.378. The van der Waals surface area contributed by atoms with Crippen LogP contribution in [-0.4, -0.2) is 14.3 Å². The second kappa shape index (κ2) is 8.71. The summed E-state index contributed by atoms with van der Waals surface area (Å²) >= 11 is 20.6. The molecule has 0 saturated heterocycles. The van der Waals surface area contributed by atoms with Gasteiger partial charge >= 0.3 is 0 Å².